The number of rotatable bonds is 2. The lowest BCUT2D eigenvalue weighted by Gasteiger charge is -2.21. The first-order valence-corrected chi connectivity index (χ1v) is 7.01. The molecule has 0 aliphatic carbocycles. The fourth-order valence-electron chi connectivity index (χ4n) is 2.72. The second-order valence-electron chi connectivity index (χ2n) is 5.66. The van der Waals surface area contributed by atoms with E-state index in [0.29, 0.717) is 17.4 Å². The molecule has 1 fully saturated rings. The quantitative estimate of drug-likeness (QED) is 0.891. The van der Waals surface area contributed by atoms with E-state index in [1.165, 1.54) is 24.9 Å². The SMILES string of the molecule is CC(C)C1CCCN(C(=O)c2cncc(O)c2)CC1. The molecule has 1 atom stereocenters. The van der Waals surface area contributed by atoms with Gasteiger partial charge in [-0.1, -0.05) is 13.8 Å². The topological polar surface area (TPSA) is 53.4 Å². The maximum absolute atomic E-state index is 12.4. The molecule has 1 unspecified atom stereocenters. The van der Waals surface area contributed by atoms with Gasteiger partial charge in [-0.3, -0.25) is 9.78 Å². The zero-order valence-corrected chi connectivity index (χ0v) is 11.7. The molecule has 4 heteroatoms. The fourth-order valence-corrected chi connectivity index (χ4v) is 2.72. The Morgan fingerprint density at radius 3 is 2.84 bits per heavy atom. The van der Waals surface area contributed by atoms with E-state index < -0.39 is 0 Å². The van der Waals surface area contributed by atoms with E-state index >= 15 is 0 Å². The molecule has 1 aromatic heterocycles. The first-order valence-electron chi connectivity index (χ1n) is 7.01. The van der Waals surface area contributed by atoms with Crippen molar-refractivity contribution in [3.63, 3.8) is 0 Å². The van der Waals surface area contributed by atoms with Gasteiger partial charge in [0.05, 0.1) is 11.8 Å². The van der Waals surface area contributed by atoms with Crippen LogP contribution in [0.1, 0.15) is 43.5 Å². The van der Waals surface area contributed by atoms with Gasteiger partial charge in [-0.2, -0.15) is 0 Å². The summed E-state index contributed by atoms with van der Waals surface area (Å²) in [6, 6.07) is 1.49. The summed E-state index contributed by atoms with van der Waals surface area (Å²) in [5, 5.41) is 9.40. The molecular weight excluding hydrogens is 240 g/mol. The van der Waals surface area contributed by atoms with Gasteiger partial charge in [-0.05, 0) is 37.2 Å². The van der Waals surface area contributed by atoms with Crippen molar-refractivity contribution in [2.75, 3.05) is 13.1 Å². The van der Waals surface area contributed by atoms with Crippen molar-refractivity contribution in [3.05, 3.63) is 24.0 Å². The van der Waals surface area contributed by atoms with Crippen LogP contribution in [0.2, 0.25) is 0 Å². The van der Waals surface area contributed by atoms with Gasteiger partial charge in [0.15, 0.2) is 0 Å². The zero-order valence-electron chi connectivity index (χ0n) is 11.7. The number of nitrogens with zero attached hydrogens (tertiary/aromatic N) is 2. The smallest absolute Gasteiger partial charge is 0.255 e. The molecule has 2 rings (SSSR count). The summed E-state index contributed by atoms with van der Waals surface area (Å²) < 4.78 is 0. The van der Waals surface area contributed by atoms with E-state index in [1.54, 1.807) is 0 Å². The van der Waals surface area contributed by atoms with Crippen LogP contribution in [0, 0.1) is 11.8 Å². The Hall–Kier alpha value is -1.58. The highest BCUT2D eigenvalue weighted by Crippen LogP contribution is 2.25. The molecule has 0 saturated carbocycles. The van der Waals surface area contributed by atoms with E-state index in [4.69, 9.17) is 0 Å². The van der Waals surface area contributed by atoms with Crippen LogP contribution in [0.4, 0.5) is 0 Å². The summed E-state index contributed by atoms with van der Waals surface area (Å²) in [7, 11) is 0. The highest BCUT2D eigenvalue weighted by Gasteiger charge is 2.23. The van der Waals surface area contributed by atoms with Crippen LogP contribution in [0.25, 0.3) is 0 Å². The average Bonchev–Trinajstić information content (AvgIpc) is 2.63. The number of carbonyl (C=O) groups excluding carboxylic acids is 1. The summed E-state index contributed by atoms with van der Waals surface area (Å²) in [5.74, 6) is 1.41. The predicted molar refractivity (Wildman–Crippen MR) is 74.0 cm³/mol. The maximum atomic E-state index is 12.4. The molecule has 2 heterocycles. The summed E-state index contributed by atoms with van der Waals surface area (Å²) in [4.78, 5) is 18.1. The minimum atomic E-state index is -0.0205. The minimum absolute atomic E-state index is 0.0205. The molecule has 4 nitrogen and oxygen atoms in total. The molecule has 1 aromatic rings. The molecule has 1 aliphatic rings. The highest BCUT2D eigenvalue weighted by atomic mass is 16.3. The van der Waals surface area contributed by atoms with E-state index in [2.05, 4.69) is 18.8 Å². The lowest BCUT2D eigenvalue weighted by Crippen LogP contribution is -2.32. The van der Waals surface area contributed by atoms with Crippen LogP contribution in [0.15, 0.2) is 18.5 Å². The Labute approximate surface area is 114 Å². The Balaban J connectivity index is 2.04. The molecule has 0 radical (unpaired) electrons. The number of pyridine rings is 1. The standard InChI is InChI=1S/C15H22N2O2/c1-11(2)12-4-3-6-17(7-5-12)15(19)13-8-14(18)10-16-9-13/h8-12,18H,3-7H2,1-2H3. The van der Waals surface area contributed by atoms with Crippen molar-refractivity contribution in [2.24, 2.45) is 11.8 Å². The molecule has 1 aliphatic heterocycles. The summed E-state index contributed by atoms with van der Waals surface area (Å²) in [6.07, 6.45) is 6.18. The number of hydrogen-bond donors (Lipinski definition) is 1. The van der Waals surface area contributed by atoms with E-state index in [9.17, 15) is 9.90 Å². The van der Waals surface area contributed by atoms with Gasteiger partial charge in [0.25, 0.3) is 5.91 Å². The van der Waals surface area contributed by atoms with E-state index in [-0.39, 0.29) is 11.7 Å². The molecule has 0 bridgehead atoms. The van der Waals surface area contributed by atoms with Crippen molar-refractivity contribution in [1.82, 2.24) is 9.88 Å². The zero-order chi connectivity index (χ0) is 13.8. The molecule has 104 valence electrons. The Morgan fingerprint density at radius 2 is 2.16 bits per heavy atom. The molecule has 19 heavy (non-hydrogen) atoms. The fraction of sp³-hybridized carbons (Fsp3) is 0.600. The third kappa shape index (κ3) is 3.46. The lowest BCUT2D eigenvalue weighted by molar-refractivity contribution is 0.0758. The summed E-state index contributed by atoms with van der Waals surface area (Å²) in [6.45, 7) is 6.11. The average molecular weight is 262 g/mol. The van der Waals surface area contributed by atoms with E-state index in [1.807, 2.05) is 4.90 Å². The largest absolute Gasteiger partial charge is 0.506 e. The van der Waals surface area contributed by atoms with Gasteiger partial charge < -0.3 is 10.0 Å². The highest BCUT2D eigenvalue weighted by molar-refractivity contribution is 5.94. The number of carbonyl (C=O) groups is 1. The minimum Gasteiger partial charge on any atom is -0.506 e. The van der Waals surface area contributed by atoms with Crippen molar-refractivity contribution in [1.29, 1.82) is 0 Å². The molecular formula is C15H22N2O2. The summed E-state index contributed by atoms with van der Waals surface area (Å²) in [5.41, 5.74) is 0.475. The van der Waals surface area contributed by atoms with Gasteiger partial charge in [0, 0.05) is 19.3 Å². The van der Waals surface area contributed by atoms with Gasteiger partial charge >= 0.3 is 0 Å². The molecule has 1 saturated heterocycles. The molecule has 1 N–H and O–H groups in total. The van der Waals surface area contributed by atoms with Gasteiger partial charge in [-0.25, -0.2) is 0 Å². The first-order chi connectivity index (χ1) is 9.08. The number of hydrogen-bond acceptors (Lipinski definition) is 3. The van der Waals surface area contributed by atoms with Crippen LogP contribution in [-0.2, 0) is 0 Å². The second kappa shape index (κ2) is 6.04. The monoisotopic (exact) mass is 262 g/mol. The second-order valence-corrected chi connectivity index (χ2v) is 5.66. The molecule has 1 amide bonds. The number of aromatic nitrogens is 1. The van der Waals surface area contributed by atoms with Gasteiger partial charge in [-0.15, -0.1) is 0 Å². The van der Waals surface area contributed by atoms with Crippen molar-refractivity contribution >= 4 is 5.91 Å². The molecule has 0 aromatic carbocycles. The van der Waals surface area contributed by atoms with Crippen LogP contribution in [-0.4, -0.2) is 34.0 Å². The first kappa shape index (κ1) is 13.8. The number of aromatic hydroxyl groups is 1. The third-order valence-corrected chi connectivity index (χ3v) is 3.97. The van der Waals surface area contributed by atoms with Crippen molar-refractivity contribution in [3.8, 4) is 5.75 Å². The lowest BCUT2D eigenvalue weighted by atomic mass is 9.89. The van der Waals surface area contributed by atoms with Crippen LogP contribution in [0.3, 0.4) is 0 Å². The van der Waals surface area contributed by atoms with Crippen molar-refractivity contribution < 1.29 is 9.90 Å². The third-order valence-electron chi connectivity index (χ3n) is 3.97. The van der Waals surface area contributed by atoms with Crippen LogP contribution in [0.5, 0.6) is 5.75 Å². The summed E-state index contributed by atoms with van der Waals surface area (Å²) >= 11 is 0. The van der Waals surface area contributed by atoms with Gasteiger partial charge in [0.1, 0.15) is 5.75 Å². The Kier molecular flexibility index (Phi) is 4.40. The maximum Gasteiger partial charge on any atom is 0.255 e. The van der Waals surface area contributed by atoms with Crippen LogP contribution >= 0.6 is 0 Å². The normalized spacial score (nSPS) is 20.4. The molecule has 0 spiro atoms. The van der Waals surface area contributed by atoms with Crippen LogP contribution < -0.4 is 0 Å². The Morgan fingerprint density at radius 1 is 1.37 bits per heavy atom. The number of likely N-dealkylation sites (tertiary alicyclic amines) is 1. The Bertz CT molecular complexity index is 446. The van der Waals surface area contributed by atoms with Gasteiger partial charge in [0.2, 0.25) is 0 Å². The van der Waals surface area contributed by atoms with E-state index in [0.717, 1.165) is 25.9 Å². The van der Waals surface area contributed by atoms with Crippen molar-refractivity contribution in [2.45, 2.75) is 33.1 Å². The number of amides is 1. The predicted octanol–water partition coefficient (Wildman–Crippen LogP) is 2.69.